The quantitative estimate of drug-likeness (QED) is 0.793. The Kier molecular flexibility index (Phi) is 2.88. The predicted molar refractivity (Wildman–Crippen MR) is 67.8 cm³/mol. The van der Waals surface area contributed by atoms with Crippen LogP contribution in [0.15, 0.2) is 12.3 Å². The molecule has 0 bridgehead atoms. The van der Waals surface area contributed by atoms with E-state index in [2.05, 4.69) is 20.9 Å². The van der Waals surface area contributed by atoms with Crippen molar-refractivity contribution in [1.82, 2.24) is 9.97 Å². The molecule has 1 aliphatic carbocycles. The van der Waals surface area contributed by atoms with Gasteiger partial charge in [0.05, 0.1) is 0 Å². The first kappa shape index (κ1) is 11.4. The van der Waals surface area contributed by atoms with Gasteiger partial charge in [-0.2, -0.15) is 5.26 Å². The molecule has 0 aromatic carbocycles. The zero-order chi connectivity index (χ0) is 12.5. The predicted octanol–water partition coefficient (Wildman–Crippen LogP) is 0.912. The second-order valence-electron chi connectivity index (χ2n) is 5.28. The molecule has 1 aromatic heterocycles. The van der Waals surface area contributed by atoms with E-state index in [-0.39, 0.29) is 0 Å². The van der Waals surface area contributed by atoms with Gasteiger partial charge in [0.2, 0.25) is 5.95 Å². The highest BCUT2D eigenvalue weighted by atomic mass is 15.3. The average Bonchev–Trinajstić information content (AvgIpc) is 2.84. The van der Waals surface area contributed by atoms with E-state index in [0.717, 1.165) is 19.5 Å². The van der Waals surface area contributed by atoms with E-state index in [1.165, 1.54) is 12.8 Å². The van der Waals surface area contributed by atoms with Crippen molar-refractivity contribution in [1.29, 1.82) is 5.26 Å². The molecule has 94 valence electrons. The maximum atomic E-state index is 8.87. The highest BCUT2D eigenvalue weighted by Gasteiger charge is 2.39. The molecule has 2 heterocycles. The second kappa shape index (κ2) is 4.54. The van der Waals surface area contributed by atoms with Crippen molar-refractivity contribution >= 4 is 5.95 Å². The maximum Gasteiger partial charge on any atom is 0.226 e. The number of rotatable bonds is 1. The standard InChI is InChI=1S/C13H17N5/c14-6-10-4-5-16-13(17-10)18-7-9-2-1-3-12(15)11(9)8-18/h4-5,9,11-12H,1-3,7-8,15H2. The Morgan fingerprint density at radius 1 is 1.39 bits per heavy atom. The summed E-state index contributed by atoms with van der Waals surface area (Å²) in [5.74, 6) is 1.91. The van der Waals surface area contributed by atoms with Gasteiger partial charge in [0, 0.05) is 25.3 Å². The van der Waals surface area contributed by atoms with Crippen molar-refractivity contribution in [2.75, 3.05) is 18.0 Å². The van der Waals surface area contributed by atoms with Gasteiger partial charge in [-0.15, -0.1) is 0 Å². The third-order valence-corrected chi connectivity index (χ3v) is 4.19. The first-order valence-electron chi connectivity index (χ1n) is 6.51. The first-order chi connectivity index (χ1) is 8.78. The fourth-order valence-electron chi connectivity index (χ4n) is 3.24. The van der Waals surface area contributed by atoms with E-state index in [1.54, 1.807) is 12.3 Å². The third kappa shape index (κ3) is 1.93. The zero-order valence-electron chi connectivity index (χ0n) is 10.3. The summed E-state index contributed by atoms with van der Waals surface area (Å²) in [6, 6.07) is 4.01. The Hall–Kier alpha value is -1.67. The van der Waals surface area contributed by atoms with Crippen LogP contribution in [0.1, 0.15) is 25.0 Å². The molecule has 3 unspecified atom stereocenters. The van der Waals surface area contributed by atoms with Crippen LogP contribution in [-0.4, -0.2) is 29.1 Å². The average molecular weight is 243 g/mol. The maximum absolute atomic E-state index is 8.87. The Labute approximate surface area is 107 Å². The Balaban J connectivity index is 1.80. The molecule has 5 nitrogen and oxygen atoms in total. The number of fused-ring (bicyclic) bond motifs is 1. The summed E-state index contributed by atoms with van der Waals surface area (Å²) in [6.07, 6.45) is 5.28. The third-order valence-electron chi connectivity index (χ3n) is 4.19. The van der Waals surface area contributed by atoms with Crippen molar-refractivity contribution in [2.45, 2.75) is 25.3 Å². The lowest BCUT2D eigenvalue weighted by molar-refractivity contribution is 0.260. The van der Waals surface area contributed by atoms with Crippen molar-refractivity contribution in [3.8, 4) is 6.07 Å². The van der Waals surface area contributed by atoms with Crippen LogP contribution < -0.4 is 10.6 Å². The van der Waals surface area contributed by atoms with Gasteiger partial charge in [-0.05, 0) is 30.7 Å². The molecule has 2 N–H and O–H groups in total. The van der Waals surface area contributed by atoms with Gasteiger partial charge >= 0.3 is 0 Å². The molecule has 5 heteroatoms. The highest BCUT2D eigenvalue weighted by Crippen LogP contribution is 2.36. The summed E-state index contributed by atoms with van der Waals surface area (Å²) in [5, 5.41) is 8.87. The molecule has 1 aromatic rings. The summed E-state index contributed by atoms with van der Waals surface area (Å²) in [5.41, 5.74) is 6.63. The molecular formula is C13H17N5. The molecular weight excluding hydrogens is 226 g/mol. The number of hydrogen-bond donors (Lipinski definition) is 1. The minimum absolute atomic E-state index is 0.313. The van der Waals surface area contributed by atoms with E-state index in [0.29, 0.717) is 29.5 Å². The van der Waals surface area contributed by atoms with Gasteiger partial charge in [-0.1, -0.05) is 6.42 Å². The van der Waals surface area contributed by atoms with Crippen LogP contribution in [0.25, 0.3) is 0 Å². The molecule has 2 fully saturated rings. The number of hydrogen-bond acceptors (Lipinski definition) is 5. The molecule has 18 heavy (non-hydrogen) atoms. The fourth-order valence-corrected chi connectivity index (χ4v) is 3.24. The zero-order valence-corrected chi connectivity index (χ0v) is 10.3. The Bertz CT molecular complexity index is 481. The molecule has 0 spiro atoms. The van der Waals surface area contributed by atoms with E-state index < -0.39 is 0 Å². The fraction of sp³-hybridized carbons (Fsp3) is 0.615. The number of anilines is 1. The van der Waals surface area contributed by atoms with Gasteiger partial charge in [0.1, 0.15) is 11.8 Å². The van der Waals surface area contributed by atoms with Crippen LogP contribution >= 0.6 is 0 Å². The van der Waals surface area contributed by atoms with Crippen LogP contribution in [0.4, 0.5) is 5.95 Å². The van der Waals surface area contributed by atoms with E-state index >= 15 is 0 Å². The number of nitriles is 1. The van der Waals surface area contributed by atoms with Crippen molar-refractivity contribution < 1.29 is 0 Å². The molecule has 1 aliphatic heterocycles. The first-order valence-corrected chi connectivity index (χ1v) is 6.51. The van der Waals surface area contributed by atoms with Gasteiger partial charge in [-0.3, -0.25) is 0 Å². The Morgan fingerprint density at radius 3 is 3.06 bits per heavy atom. The minimum Gasteiger partial charge on any atom is -0.340 e. The topological polar surface area (TPSA) is 78.8 Å². The van der Waals surface area contributed by atoms with Crippen LogP contribution in [0.2, 0.25) is 0 Å². The van der Waals surface area contributed by atoms with Crippen LogP contribution in [-0.2, 0) is 0 Å². The number of nitrogens with two attached hydrogens (primary N) is 1. The van der Waals surface area contributed by atoms with Crippen molar-refractivity contribution in [2.24, 2.45) is 17.6 Å². The smallest absolute Gasteiger partial charge is 0.226 e. The van der Waals surface area contributed by atoms with Crippen LogP contribution in [0, 0.1) is 23.2 Å². The van der Waals surface area contributed by atoms with Crippen LogP contribution in [0.3, 0.4) is 0 Å². The molecule has 0 radical (unpaired) electrons. The van der Waals surface area contributed by atoms with Gasteiger partial charge in [0.15, 0.2) is 0 Å². The van der Waals surface area contributed by atoms with Gasteiger partial charge in [0.25, 0.3) is 0 Å². The van der Waals surface area contributed by atoms with E-state index in [9.17, 15) is 0 Å². The summed E-state index contributed by atoms with van der Waals surface area (Å²) in [7, 11) is 0. The number of nitrogens with zero attached hydrogens (tertiary/aromatic N) is 4. The van der Waals surface area contributed by atoms with E-state index in [4.69, 9.17) is 11.0 Å². The summed E-state index contributed by atoms with van der Waals surface area (Å²) >= 11 is 0. The highest BCUT2D eigenvalue weighted by molar-refractivity contribution is 5.35. The normalized spacial score (nSPS) is 30.9. The van der Waals surface area contributed by atoms with Gasteiger partial charge < -0.3 is 10.6 Å². The molecule has 3 atom stereocenters. The molecule has 3 rings (SSSR count). The van der Waals surface area contributed by atoms with Crippen LogP contribution in [0.5, 0.6) is 0 Å². The molecule has 0 amide bonds. The monoisotopic (exact) mass is 243 g/mol. The lowest BCUT2D eigenvalue weighted by Gasteiger charge is -2.29. The lowest BCUT2D eigenvalue weighted by Crippen LogP contribution is -2.38. The van der Waals surface area contributed by atoms with E-state index in [1.807, 2.05) is 0 Å². The molecule has 1 saturated heterocycles. The molecule has 1 saturated carbocycles. The Morgan fingerprint density at radius 2 is 2.28 bits per heavy atom. The summed E-state index contributed by atoms with van der Waals surface area (Å²) < 4.78 is 0. The lowest BCUT2D eigenvalue weighted by atomic mass is 9.78. The van der Waals surface area contributed by atoms with Crippen molar-refractivity contribution in [3.63, 3.8) is 0 Å². The largest absolute Gasteiger partial charge is 0.340 e. The second-order valence-corrected chi connectivity index (χ2v) is 5.28. The summed E-state index contributed by atoms with van der Waals surface area (Å²) in [4.78, 5) is 10.7. The van der Waals surface area contributed by atoms with Crippen molar-refractivity contribution in [3.05, 3.63) is 18.0 Å². The minimum atomic E-state index is 0.313. The SMILES string of the molecule is N#Cc1ccnc(N2CC3CCCC(N)C3C2)n1. The van der Waals surface area contributed by atoms with Gasteiger partial charge in [-0.25, -0.2) is 9.97 Å². The number of aromatic nitrogens is 2. The molecule has 2 aliphatic rings. The summed E-state index contributed by atoms with van der Waals surface area (Å²) in [6.45, 7) is 1.91.